The molecule has 1 nitrogen and oxygen atoms in total. The zero-order valence-corrected chi connectivity index (χ0v) is 5.55. The molecule has 0 aromatic carbocycles. The third-order valence-electron chi connectivity index (χ3n) is 0.515. The number of hydrogen-bond acceptors (Lipinski definition) is 1. The Kier molecular flexibility index (Phi) is 4.89. The third-order valence-corrected chi connectivity index (χ3v) is 0.515. The van der Waals surface area contributed by atoms with Crippen molar-refractivity contribution in [2.75, 3.05) is 7.18 Å². The van der Waals surface area contributed by atoms with Gasteiger partial charge in [0.25, 0.3) is 0 Å². The van der Waals surface area contributed by atoms with Crippen LogP contribution in [0.2, 0.25) is 0 Å². The number of halogens is 7. The fourth-order valence-electron chi connectivity index (χ4n) is 0.161. The lowest BCUT2D eigenvalue weighted by molar-refractivity contribution is -0.217. The van der Waals surface area contributed by atoms with Gasteiger partial charge in [-0.3, -0.25) is 9.18 Å². The molecule has 12 heavy (non-hydrogen) atoms. The number of carbonyl (C=O) groups is 1. The second-order valence-electron chi connectivity index (χ2n) is 1.32. The Labute approximate surface area is 62.2 Å². The molecule has 0 saturated carbocycles. The summed E-state index contributed by atoms with van der Waals surface area (Å²) >= 11 is 0. The number of hydrogen-bond donors (Lipinski definition) is 0. The highest BCUT2D eigenvalue weighted by molar-refractivity contribution is 5.89. The number of alkyl halides is 7. The maximum Gasteiger partial charge on any atom is 0.459 e. The zero-order chi connectivity index (χ0) is 10.6. The summed E-state index contributed by atoms with van der Waals surface area (Å²) in [7, 11) is 0.500. The monoisotopic (exact) mass is 200 g/mol. The second kappa shape index (κ2) is 4.27. The average Bonchev–Trinajstić information content (AvgIpc) is 1.87. The Hall–Kier alpha value is -0.820. The van der Waals surface area contributed by atoms with Crippen LogP contribution in [-0.4, -0.2) is 25.3 Å². The van der Waals surface area contributed by atoms with Crippen LogP contribution in [0.5, 0.6) is 0 Å². The van der Waals surface area contributed by atoms with Crippen LogP contribution in [0.3, 0.4) is 0 Å². The predicted molar refractivity (Wildman–Crippen MR) is 24.1 cm³/mol. The molecule has 0 aliphatic rings. The molecule has 0 saturated heterocycles. The maximum atomic E-state index is 10.9. The first-order chi connectivity index (χ1) is 5.15. The third kappa shape index (κ3) is 4.91. The summed E-state index contributed by atoms with van der Waals surface area (Å²) in [5, 5.41) is 0. The van der Waals surface area contributed by atoms with E-state index in [9.17, 15) is 35.5 Å². The molecule has 0 atom stereocenters. The van der Waals surface area contributed by atoms with Crippen LogP contribution in [0.4, 0.5) is 30.7 Å². The van der Waals surface area contributed by atoms with E-state index in [0.717, 1.165) is 0 Å². The van der Waals surface area contributed by atoms with E-state index in [1.165, 1.54) is 0 Å². The Morgan fingerprint density at radius 2 is 1.00 bits per heavy atom. The van der Waals surface area contributed by atoms with Gasteiger partial charge in [-0.25, -0.2) is 0 Å². The van der Waals surface area contributed by atoms with Gasteiger partial charge in [0.1, 0.15) is 0 Å². The highest BCUT2D eigenvalue weighted by atomic mass is 19.4. The van der Waals surface area contributed by atoms with E-state index >= 15 is 0 Å². The molecule has 74 valence electrons. The van der Waals surface area contributed by atoms with Crippen molar-refractivity contribution >= 4 is 5.78 Å². The van der Waals surface area contributed by atoms with Crippen molar-refractivity contribution in [1.82, 2.24) is 0 Å². The Morgan fingerprint density at radius 1 is 0.833 bits per heavy atom. The predicted octanol–water partition coefficient (Wildman–Crippen LogP) is 2.27. The van der Waals surface area contributed by atoms with Gasteiger partial charge in [-0.15, -0.1) is 0 Å². The lowest BCUT2D eigenvalue weighted by Crippen LogP contribution is -2.36. The molecule has 0 aromatic rings. The lowest BCUT2D eigenvalue weighted by atomic mass is 10.4. The molecule has 0 bridgehead atoms. The molecule has 0 N–H and O–H groups in total. The topological polar surface area (TPSA) is 17.1 Å². The van der Waals surface area contributed by atoms with Crippen LogP contribution >= 0.6 is 0 Å². The van der Waals surface area contributed by atoms with E-state index in [2.05, 4.69) is 0 Å². The van der Waals surface area contributed by atoms with Crippen molar-refractivity contribution in [3.8, 4) is 0 Å². The largest absolute Gasteiger partial charge is 0.459 e. The Balaban J connectivity index is 0. The molecule has 8 heteroatoms. The molecule has 0 amide bonds. The van der Waals surface area contributed by atoms with Gasteiger partial charge in [-0.05, 0) is 0 Å². The van der Waals surface area contributed by atoms with Crippen molar-refractivity contribution in [2.24, 2.45) is 0 Å². The summed E-state index contributed by atoms with van der Waals surface area (Å²) < 4.78 is 74.8. The molecule has 0 radical (unpaired) electrons. The van der Waals surface area contributed by atoms with Gasteiger partial charge in [-0.1, -0.05) is 0 Å². The molecule has 0 heterocycles. The van der Waals surface area contributed by atoms with Crippen molar-refractivity contribution in [3.63, 3.8) is 0 Å². The van der Waals surface area contributed by atoms with Crippen LogP contribution in [0, 0.1) is 0 Å². The summed E-state index contributed by atoms with van der Waals surface area (Å²) in [5.41, 5.74) is 0. The van der Waals surface area contributed by atoms with Crippen molar-refractivity contribution in [1.29, 1.82) is 0 Å². The van der Waals surface area contributed by atoms with E-state index in [1.807, 2.05) is 0 Å². The van der Waals surface area contributed by atoms with Gasteiger partial charge in [0.05, 0.1) is 7.18 Å². The minimum atomic E-state index is -5.82. The van der Waals surface area contributed by atoms with Gasteiger partial charge in [0.15, 0.2) is 0 Å². The summed E-state index contributed by atoms with van der Waals surface area (Å²) in [4.78, 5) is 9.24. The first-order valence-corrected chi connectivity index (χ1v) is 2.22. The van der Waals surface area contributed by atoms with Gasteiger partial charge in [0.2, 0.25) is 0 Å². The van der Waals surface area contributed by atoms with Crippen LogP contribution in [0.25, 0.3) is 0 Å². The molecule has 0 aliphatic carbocycles. The second-order valence-corrected chi connectivity index (χ2v) is 1.32. The molecule has 0 aromatic heterocycles. The molecule has 0 fully saturated rings. The molecular weight excluding hydrogens is 197 g/mol. The molecule has 0 rings (SSSR count). The Bertz CT molecular complexity index is 126. The summed E-state index contributed by atoms with van der Waals surface area (Å²) in [6.45, 7) is 0. The quantitative estimate of drug-likeness (QED) is 0.548. The van der Waals surface area contributed by atoms with Crippen molar-refractivity contribution in [3.05, 3.63) is 0 Å². The fourth-order valence-corrected chi connectivity index (χ4v) is 0.161. The normalized spacial score (nSPS) is 11.7. The standard InChI is InChI=1S/C3F6O.CH3F/c4-2(5,6)1(10)3(7,8)9;1-2/h;1H3. The number of rotatable bonds is 0. The number of carbonyl (C=O) groups excluding carboxylic acids is 1. The highest BCUT2D eigenvalue weighted by Crippen LogP contribution is 2.28. The zero-order valence-electron chi connectivity index (χ0n) is 5.55. The molecular formula is C4H3F7O. The lowest BCUT2D eigenvalue weighted by Gasteiger charge is -2.06. The summed E-state index contributed by atoms with van der Waals surface area (Å²) in [5.74, 6) is -3.68. The summed E-state index contributed by atoms with van der Waals surface area (Å²) in [6.07, 6.45) is -11.6. The van der Waals surface area contributed by atoms with Gasteiger partial charge < -0.3 is 0 Å². The van der Waals surface area contributed by atoms with E-state index in [-0.39, 0.29) is 0 Å². The number of Topliss-reactive ketones (excluding diaryl/α,β-unsaturated/α-hetero) is 1. The highest BCUT2D eigenvalue weighted by Gasteiger charge is 2.55. The van der Waals surface area contributed by atoms with Crippen molar-refractivity contribution in [2.45, 2.75) is 12.4 Å². The summed E-state index contributed by atoms with van der Waals surface area (Å²) in [6, 6.07) is 0. The smallest absolute Gasteiger partial charge is 0.279 e. The van der Waals surface area contributed by atoms with Gasteiger partial charge in [-0.2, -0.15) is 26.3 Å². The minimum absolute atomic E-state index is 0.500. The van der Waals surface area contributed by atoms with Gasteiger partial charge >= 0.3 is 18.1 Å². The first kappa shape index (κ1) is 13.7. The van der Waals surface area contributed by atoms with E-state index in [4.69, 9.17) is 0 Å². The van der Waals surface area contributed by atoms with Crippen LogP contribution in [0.1, 0.15) is 0 Å². The van der Waals surface area contributed by atoms with Gasteiger partial charge in [0, 0.05) is 0 Å². The Morgan fingerprint density at radius 3 is 1.00 bits per heavy atom. The molecule has 0 spiro atoms. The average molecular weight is 200 g/mol. The van der Waals surface area contributed by atoms with Crippen LogP contribution in [0.15, 0.2) is 0 Å². The SMILES string of the molecule is CF.O=C(C(F)(F)F)C(F)(F)F. The van der Waals surface area contributed by atoms with E-state index in [1.54, 1.807) is 0 Å². The first-order valence-electron chi connectivity index (χ1n) is 2.22. The van der Waals surface area contributed by atoms with Crippen LogP contribution < -0.4 is 0 Å². The molecule has 0 aliphatic heterocycles. The number of ketones is 1. The van der Waals surface area contributed by atoms with E-state index < -0.39 is 18.1 Å². The van der Waals surface area contributed by atoms with E-state index in [0.29, 0.717) is 7.18 Å². The molecule has 0 unspecified atom stereocenters. The fraction of sp³-hybridized carbons (Fsp3) is 0.750. The van der Waals surface area contributed by atoms with Crippen molar-refractivity contribution < 1.29 is 35.5 Å². The maximum absolute atomic E-state index is 10.9. The van der Waals surface area contributed by atoms with Crippen LogP contribution in [-0.2, 0) is 4.79 Å². The minimum Gasteiger partial charge on any atom is -0.279 e.